The van der Waals surface area contributed by atoms with E-state index in [9.17, 15) is 5.11 Å². The highest BCUT2D eigenvalue weighted by Gasteiger charge is 2.12. The summed E-state index contributed by atoms with van der Waals surface area (Å²) in [6, 6.07) is 8.75. The number of rotatable bonds is 2. The number of hydrogen-bond donors (Lipinski definition) is 4. The van der Waals surface area contributed by atoms with Crippen molar-refractivity contribution in [2.75, 3.05) is 18.6 Å². The van der Waals surface area contributed by atoms with Crippen LogP contribution >= 0.6 is 0 Å². The molecule has 0 saturated carbocycles. The van der Waals surface area contributed by atoms with Crippen LogP contribution in [0.1, 0.15) is 0 Å². The number of phenolic OH excluding ortho intramolecular Hbond substituents is 1. The number of benzene rings is 2. The van der Waals surface area contributed by atoms with Crippen LogP contribution in [-0.2, 0) is 0 Å². The van der Waals surface area contributed by atoms with Crippen LogP contribution in [0, 0.1) is 0 Å². The summed E-state index contributed by atoms with van der Waals surface area (Å²) >= 11 is 0. The van der Waals surface area contributed by atoms with Crippen LogP contribution in [-0.4, -0.2) is 17.2 Å². The Bertz CT molecular complexity index is 793. The average Bonchev–Trinajstić information content (AvgIpc) is 2.83. The molecule has 1 heterocycles. The lowest BCUT2D eigenvalue weighted by atomic mass is 10.0. The number of H-pyrrole nitrogens is 1. The first-order chi connectivity index (χ1) is 9.60. The Morgan fingerprint density at radius 2 is 1.90 bits per heavy atom. The number of nitrogen functional groups attached to an aromatic ring is 2. The van der Waals surface area contributed by atoms with E-state index in [0.717, 1.165) is 22.0 Å². The van der Waals surface area contributed by atoms with Crippen molar-refractivity contribution in [2.24, 2.45) is 0 Å². The van der Waals surface area contributed by atoms with Gasteiger partial charge in [0.25, 0.3) is 0 Å². The predicted molar refractivity (Wildman–Crippen MR) is 80.8 cm³/mol. The number of ether oxygens (including phenoxy) is 1. The second-order valence-electron chi connectivity index (χ2n) is 4.62. The Hall–Kier alpha value is -2.82. The number of aromatic hydroxyl groups is 1. The summed E-state index contributed by atoms with van der Waals surface area (Å²) in [7, 11) is 1.51. The Kier molecular flexibility index (Phi) is 2.68. The van der Waals surface area contributed by atoms with Crippen LogP contribution in [0.2, 0.25) is 0 Å². The fourth-order valence-corrected chi connectivity index (χ4v) is 2.33. The molecule has 0 fully saturated rings. The highest BCUT2D eigenvalue weighted by Crippen LogP contribution is 2.38. The number of phenols is 1. The second kappa shape index (κ2) is 4.38. The molecular weight excluding hydrogens is 254 g/mol. The monoisotopic (exact) mass is 269 g/mol. The van der Waals surface area contributed by atoms with E-state index in [1.54, 1.807) is 24.3 Å². The number of hydrogen-bond acceptors (Lipinski definition) is 4. The first-order valence-corrected chi connectivity index (χ1v) is 6.13. The smallest absolute Gasteiger partial charge is 0.162 e. The van der Waals surface area contributed by atoms with Crippen LogP contribution in [0.15, 0.2) is 36.5 Å². The van der Waals surface area contributed by atoms with Crippen molar-refractivity contribution in [3.8, 4) is 22.6 Å². The highest BCUT2D eigenvalue weighted by molar-refractivity contribution is 6.00. The molecule has 0 spiro atoms. The topological polar surface area (TPSA) is 97.3 Å². The molecule has 0 bridgehead atoms. The quantitative estimate of drug-likeness (QED) is 0.538. The molecule has 1 aromatic heterocycles. The zero-order valence-electron chi connectivity index (χ0n) is 11.0. The number of anilines is 2. The van der Waals surface area contributed by atoms with Gasteiger partial charge in [-0.05, 0) is 24.3 Å². The minimum Gasteiger partial charge on any atom is -0.504 e. The van der Waals surface area contributed by atoms with E-state index in [-0.39, 0.29) is 5.75 Å². The molecule has 0 aliphatic carbocycles. The van der Waals surface area contributed by atoms with E-state index < -0.39 is 0 Å². The number of nitrogens with two attached hydrogens (primary N) is 2. The van der Waals surface area contributed by atoms with E-state index in [0.29, 0.717) is 17.1 Å². The van der Waals surface area contributed by atoms with E-state index in [4.69, 9.17) is 16.2 Å². The maximum absolute atomic E-state index is 9.93. The third-order valence-electron chi connectivity index (χ3n) is 3.35. The van der Waals surface area contributed by atoms with Crippen molar-refractivity contribution in [3.63, 3.8) is 0 Å². The second-order valence-corrected chi connectivity index (χ2v) is 4.62. The van der Waals surface area contributed by atoms with E-state index in [1.807, 2.05) is 12.3 Å². The van der Waals surface area contributed by atoms with Gasteiger partial charge in [0, 0.05) is 45.7 Å². The highest BCUT2D eigenvalue weighted by atomic mass is 16.5. The van der Waals surface area contributed by atoms with Gasteiger partial charge < -0.3 is 26.3 Å². The van der Waals surface area contributed by atoms with Gasteiger partial charge in [0.05, 0.1) is 7.11 Å². The van der Waals surface area contributed by atoms with Gasteiger partial charge in [0.15, 0.2) is 11.5 Å². The molecule has 0 aliphatic rings. The third-order valence-corrected chi connectivity index (χ3v) is 3.35. The van der Waals surface area contributed by atoms with Crippen LogP contribution in [0.4, 0.5) is 11.4 Å². The summed E-state index contributed by atoms with van der Waals surface area (Å²) < 4.78 is 5.10. The fraction of sp³-hybridized carbons (Fsp3) is 0.0667. The van der Waals surface area contributed by atoms with Crippen LogP contribution < -0.4 is 16.2 Å². The summed E-state index contributed by atoms with van der Waals surface area (Å²) in [6.45, 7) is 0. The van der Waals surface area contributed by atoms with E-state index in [1.165, 1.54) is 7.11 Å². The zero-order chi connectivity index (χ0) is 14.3. The normalized spacial score (nSPS) is 10.8. The largest absolute Gasteiger partial charge is 0.504 e. The zero-order valence-corrected chi connectivity index (χ0v) is 11.0. The minimum atomic E-state index is 0.0864. The molecule has 3 rings (SSSR count). The first kappa shape index (κ1) is 12.2. The number of aromatic amines is 1. The summed E-state index contributed by atoms with van der Waals surface area (Å²) in [5.41, 5.74) is 15.7. The van der Waals surface area contributed by atoms with Crippen LogP contribution in [0.25, 0.3) is 22.0 Å². The summed E-state index contributed by atoms with van der Waals surface area (Å²) in [4.78, 5) is 3.15. The molecule has 0 aliphatic heterocycles. The lowest BCUT2D eigenvalue weighted by Gasteiger charge is -2.07. The Labute approximate surface area is 115 Å². The molecule has 0 atom stereocenters. The number of nitrogens with one attached hydrogen (secondary N) is 1. The molecule has 5 nitrogen and oxygen atoms in total. The first-order valence-electron chi connectivity index (χ1n) is 6.13. The molecule has 6 N–H and O–H groups in total. The Morgan fingerprint density at radius 1 is 1.10 bits per heavy atom. The molecule has 0 saturated heterocycles. The van der Waals surface area contributed by atoms with E-state index in [2.05, 4.69) is 4.98 Å². The van der Waals surface area contributed by atoms with Gasteiger partial charge in [-0.15, -0.1) is 0 Å². The van der Waals surface area contributed by atoms with Gasteiger partial charge in [-0.3, -0.25) is 0 Å². The molecule has 102 valence electrons. The molecule has 2 aromatic carbocycles. The van der Waals surface area contributed by atoms with Gasteiger partial charge in [-0.2, -0.15) is 0 Å². The maximum atomic E-state index is 9.93. The van der Waals surface area contributed by atoms with Crippen molar-refractivity contribution in [2.45, 2.75) is 0 Å². The van der Waals surface area contributed by atoms with Crippen molar-refractivity contribution in [1.82, 2.24) is 4.98 Å². The Balaban J connectivity index is 2.27. The SMILES string of the molecule is COc1cc2[nH]cc(-c3cc(N)ccc3N)c2cc1O. The van der Waals surface area contributed by atoms with Crippen molar-refractivity contribution in [1.29, 1.82) is 0 Å². The molecule has 0 amide bonds. The van der Waals surface area contributed by atoms with Crippen molar-refractivity contribution in [3.05, 3.63) is 36.5 Å². The van der Waals surface area contributed by atoms with Crippen LogP contribution in [0.3, 0.4) is 0 Å². The molecule has 0 unspecified atom stereocenters. The number of fused-ring (bicyclic) bond motifs is 1. The molecular formula is C15H15N3O2. The number of methoxy groups -OCH3 is 1. The third kappa shape index (κ3) is 1.80. The minimum absolute atomic E-state index is 0.0864. The Morgan fingerprint density at radius 3 is 2.65 bits per heavy atom. The predicted octanol–water partition coefficient (Wildman–Crippen LogP) is 2.71. The van der Waals surface area contributed by atoms with Crippen molar-refractivity contribution < 1.29 is 9.84 Å². The van der Waals surface area contributed by atoms with Gasteiger partial charge in [0.1, 0.15) is 0 Å². The molecule has 5 heteroatoms. The average molecular weight is 269 g/mol. The van der Waals surface area contributed by atoms with Gasteiger partial charge in [-0.1, -0.05) is 0 Å². The lowest BCUT2D eigenvalue weighted by molar-refractivity contribution is 0.374. The van der Waals surface area contributed by atoms with Gasteiger partial charge >= 0.3 is 0 Å². The van der Waals surface area contributed by atoms with Crippen LogP contribution in [0.5, 0.6) is 11.5 Å². The molecule has 3 aromatic rings. The molecule has 20 heavy (non-hydrogen) atoms. The van der Waals surface area contributed by atoms with Gasteiger partial charge in [-0.25, -0.2) is 0 Å². The number of aromatic nitrogens is 1. The molecule has 0 radical (unpaired) electrons. The summed E-state index contributed by atoms with van der Waals surface area (Å²) in [5, 5.41) is 10.8. The lowest BCUT2D eigenvalue weighted by Crippen LogP contribution is -1.92. The van der Waals surface area contributed by atoms with E-state index >= 15 is 0 Å². The maximum Gasteiger partial charge on any atom is 0.162 e. The summed E-state index contributed by atoms with van der Waals surface area (Å²) in [6.07, 6.45) is 1.84. The summed E-state index contributed by atoms with van der Waals surface area (Å²) in [5.74, 6) is 0.509. The van der Waals surface area contributed by atoms with Gasteiger partial charge in [0.2, 0.25) is 0 Å². The fourth-order valence-electron chi connectivity index (χ4n) is 2.33. The standard InChI is InChI=1S/C15H15N3O2/c1-20-15-6-13-10(5-14(15)19)11(7-18-13)9-4-8(16)2-3-12(9)17/h2-7,18-19H,16-17H2,1H3. The van der Waals surface area contributed by atoms with Crippen molar-refractivity contribution >= 4 is 22.3 Å².